The average molecular weight is 213 g/mol. The van der Waals surface area contributed by atoms with Crippen molar-refractivity contribution in [1.82, 2.24) is 5.32 Å². The zero-order valence-electron chi connectivity index (χ0n) is 9.46. The third kappa shape index (κ3) is 2.46. The number of rotatable bonds is 3. The molecule has 1 aliphatic heterocycles. The molecule has 2 fully saturated rings. The van der Waals surface area contributed by atoms with Crippen molar-refractivity contribution < 1.29 is 0 Å². The normalized spacial score (nSPS) is 34.5. The Bertz CT molecular complexity index is 177. The van der Waals surface area contributed by atoms with Crippen molar-refractivity contribution in [2.75, 3.05) is 11.5 Å². The first-order chi connectivity index (χ1) is 6.77. The molecule has 2 heteroatoms. The van der Waals surface area contributed by atoms with Gasteiger partial charge in [0, 0.05) is 23.6 Å². The van der Waals surface area contributed by atoms with Crippen molar-refractivity contribution in [3.8, 4) is 0 Å². The molecule has 0 aromatic carbocycles. The van der Waals surface area contributed by atoms with Gasteiger partial charge in [-0.15, -0.1) is 0 Å². The van der Waals surface area contributed by atoms with Gasteiger partial charge >= 0.3 is 0 Å². The van der Waals surface area contributed by atoms with Crippen LogP contribution in [-0.4, -0.2) is 23.6 Å². The lowest BCUT2D eigenvalue weighted by atomic mass is 9.77. The van der Waals surface area contributed by atoms with E-state index in [0.29, 0.717) is 0 Å². The molecule has 14 heavy (non-hydrogen) atoms. The summed E-state index contributed by atoms with van der Waals surface area (Å²) in [5, 5.41) is 3.87. The molecule has 1 aliphatic carbocycles. The third-order valence-electron chi connectivity index (χ3n) is 3.76. The van der Waals surface area contributed by atoms with E-state index in [-0.39, 0.29) is 0 Å². The van der Waals surface area contributed by atoms with Crippen molar-refractivity contribution >= 4 is 11.8 Å². The lowest BCUT2D eigenvalue weighted by Crippen LogP contribution is -2.50. The van der Waals surface area contributed by atoms with E-state index < -0.39 is 0 Å². The Morgan fingerprint density at radius 1 is 1.14 bits per heavy atom. The van der Waals surface area contributed by atoms with Crippen LogP contribution in [0.2, 0.25) is 0 Å². The Morgan fingerprint density at radius 3 is 2.43 bits per heavy atom. The summed E-state index contributed by atoms with van der Waals surface area (Å²) in [4.78, 5) is 0. The highest BCUT2D eigenvalue weighted by molar-refractivity contribution is 8.00. The van der Waals surface area contributed by atoms with E-state index in [1.807, 2.05) is 0 Å². The summed E-state index contributed by atoms with van der Waals surface area (Å²) >= 11 is 2.08. The van der Waals surface area contributed by atoms with E-state index in [9.17, 15) is 0 Å². The van der Waals surface area contributed by atoms with Crippen LogP contribution in [-0.2, 0) is 0 Å². The molecule has 1 nitrogen and oxygen atoms in total. The average Bonchev–Trinajstić information content (AvgIpc) is 2.12. The van der Waals surface area contributed by atoms with Crippen molar-refractivity contribution in [3.05, 3.63) is 0 Å². The zero-order chi connectivity index (χ0) is 9.97. The predicted molar refractivity (Wildman–Crippen MR) is 64.8 cm³/mol. The maximum atomic E-state index is 3.87. The SMILES string of the molecule is CC(C)C1CCCCC1NC1CSC1. The number of hydrogen-bond acceptors (Lipinski definition) is 2. The number of hydrogen-bond donors (Lipinski definition) is 1. The van der Waals surface area contributed by atoms with Crippen LogP contribution in [0.15, 0.2) is 0 Å². The molecule has 1 saturated heterocycles. The molecule has 1 heterocycles. The van der Waals surface area contributed by atoms with Crippen LogP contribution < -0.4 is 5.32 Å². The molecule has 0 amide bonds. The van der Waals surface area contributed by atoms with Crippen LogP contribution >= 0.6 is 11.8 Å². The minimum Gasteiger partial charge on any atom is -0.309 e. The molecule has 0 bridgehead atoms. The minimum absolute atomic E-state index is 0.828. The Morgan fingerprint density at radius 2 is 1.86 bits per heavy atom. The molecule has 2 aliphatic rings. The van der Waals surface area contributed by atoms with E-state index in [1.54, 1.807) is 0 Å². The van der Waals surface area contributed by atoms with Gasteiger partial charge in [0.1, 0.15) is 0 Å². The van der Waals surface area contributed by atoms with Gasteiger partial charge in [0.05, 0.1) is 0 Å². The van der Waals surface area contributed by atoms with E-state index in [4.69, 9.17) is 0 Å². The monoisotopic (exact) mass is 213 g/mol. The molecule has 2 unspecified atom stereocenters. The highest BCUT2D eigenvalue weighted by Crippen LogP contribution is 2.31. The van der Waals surface area contributed by atoms with Gasteiger partial charge in [-0.1, -0.05) is 26.7 Å². The fourth-order valence-electron chi connectivity index (χ4n) is 2.80. The smallest absolute Gasteiger partial charge is 0.0251 e. The number of thioether (sulfide) groups is 1. The molecule has 82 valence electrons. The third-order valence-corrected chi connectivity index (χ3v) is 5.04. The van der Waals surface area contributed by atoms with Crippen LogP contribution in [0.3, 0.4) is 0 Å². The first kappa shape index (κ1) is 10.8. The van der Waals surface area contributed by atoms with Crippen LogP contribution in [0.25, 0.3) is 0 Å². The van der Waals surface area contributed by atoms with Crippen molar-refractivity contribution in [1.29, 1.82) is 0 Å². The quantitative estimate of drug-likeness (QED) is 0.773. The summed E-state index contributed by atoms with van der Waals surface area (Å²) in [6.45, 7) is 4.78. The molecule has 0 aromatic heterocycles. The summed E-state index contributed by atoms with van der Waals surface area (Å²) < 4.78 is 0. The predicted octanol–water partition coefficient (Wildman–Crippen LogP) is 2.91. The second kappa shape index (κ2) is 4.89. The fourth-order valence-corrected chi connectivity index (χ4v) is 3.46. The molecule has 1 N–H and O–H groups in total. The Kier molecular flexibility index (Phi) is 3.78. The second-order valence-corrected chi connectivity index (χ2v) is 6.27. The van der Waals surface area contributed by atoms with Gasteiger partial charge in [-0.05, 0) is 24.7 Å². The second-order valence-electron chi connectivity index (χ2n) is 5.20. The molecular weight excluding hydrogens is 190 g/mol. The van der Waals surface area contributed by atoms with Gasteiger partial charge in [0.2, 0.25) is 0 Å². The summed E-state index contributed by atoms with van der Waals surface area (Å²) in [5.74, 6) is 4.50. The molecule has 2 rings (SSSR count). The van der Waals surface area contributed by atoms with Crippen LogP contribution in [0, 0.1) is 11.8 Å². The van der Waals surface area contributed by atoms with Gasteiger partial charge in [0.25, 0.3) is 0 Å². The Labute approximate surface area is 92.4 Å². The van der Waals surface area contributed by atoms with Gasteiger partial charge < -0.3 is 5.32 Å². The Hall–Kier alpha value is 0.310. The van der Waals surface area contributed by atoms with Crippen molar-refractivity contribution in [3.63, 3.8) is 0 Å². The molecule has 0 aromatic rings. The lowest BCUT2D eigenvalue weighted by Gasteiger charge is -2.39. The molecular formula is C12H23NS. The summed E-state index contributed by atoms with van der Waals surface area (Å²) in [7, 11) is 0. The van der Waals surface area contributed by atoms with E-state index in [0.717, 1.165) is 23.9 Å². The molecule has 0 radical (unpaired) electrons. The highest BCUT2D eigenvalue weighted by atomic mass is 32.2. The van der Waals surface area contributed by atoms with Crippen molar-refractivity contribution in [2.24, 2.45) is 11.8 Å². The highest BCUT2D eigenvalue weighted by Gasteiger charge is 2.30. The largest absolute Gasteiger partial charge is 0.309 e. The van der Waals surface area contributed by atoms with Gasteiger partial charge in [-0.3, -0.25) is 0 Å². The minimum atomic E-state index is 0.828. The summed E-state index contributed by atoms with van der Waals surface area (Å²) in [6.07, 6.45) is 5.78. The number of nitrogens with one attached hydrogen (secondary N) is 1. The van der Waals surface area contributed by atoms with Crippen molar-refractivity contribution in [2.45, 2.75) is 51.6 Å². The maximum absolute atomic E-state index is 3.87. The topological polar surface area (TPSA) is 12.0 Å². The molecule has 0 spiro atoms. The standard InChI is InChI=1S/C12H23NS/c1-9(2)11-5-3-4-6-12(11)13-10-7-14-8-10/h9-13H,3-8H2,1-2H3. The maximum Gasteiger partial charge on any atom is 0.0251 e. The first-order valence-electron chi connectivity index (χ1n) is 6.11. The zero-order valence-corrected chi connectivity index (χ0v) is 10.3. The fraction of sp³-hybridized carbons (Fsp3) is 1.00. The van der Waals surface area contributed by atoms with Gasteiger partial charge in [-0.25, -0.2) is 0 Å². The van der Waals surface area contributed by atoms with Gasteiger partial charge in [-0.2, -0.15) is 11.8 Å². The van der Waals surface area contributed by atoms with Gasteiger partial charge in [0.15, 0.2) is 0 Å². The molecule has 1 saturated carbocycles. The van der Waals surface area contributed by atoms with Crippen LogP contribution in [0.4, 0.5) is 0 Å². The lowest BCUT2D eigenvalue weighted by molar-refractivity contribution is 0.197. The van der Waals surface area contributed by atoms with Crippen LogP contribution in [0.1, 0.15) is 39.5 Å². The van der Waals surface area contributed by atoms with E-state index >= 15 is 0 Å². The van der Waals surface area contributed by atoms with E-state index in [2.05, 4.69) is 30.9 Å². The van der Waals surface area contributed by atoms with Crippen LogP contribution in [0.5, 0.6) is 0 Å². The van der Waals surface area contributed by atoms with E-state index in [1.165, 1.54) is 37.2 Å². The summed E-state index contributed by atoms with van der Waals surface area (Å²) in [5.41, 5.74) is 0. The Balaban J connectivity index is 1.85. The summed E-state index contributed by atoms with van der Waals surface area (Å²) in [6, 6.07) is 1.67. The molecule has 2 atom stereocenters. The first-order valence-corrected chi connectivity index (χ1v) is 7.26.